The number of carbonyl (C=O) groups is 1. The monoisotopic (exact) mass is 221 g/mol. The molecule has 0 spiro atoms. The average Bonchev–Trinajstić information content (AvgIpc) is 2.75. The first-order valence-electron chi connectivity index (χ1n) is 5.35. The van der Waals surface area contributed by atoms with Crippen LogP contribution in [-0.2, 0) is 4.74 Å². The second-order valence-corrected chi connectivity index (χ2v) is 4.05. The van der Waals surface area contributed by atoms with Crippen LogP contribution in [0.5, 0.6) is 5.75 Å². The third-order valence-electron chi connectivity index (χ3n) is 2.80. The molecule has 1 aromatic heterocycles. The Morgan fingerprint density at radius 2 is 2.38 bits per heavy atom. The fraction of sp³-hybridized carbons (Fsp3) is 0.500. The van der Waals surface area contributed by atoms with Gasteiger partial charge in [-0.15, -0.1) is 0 Å². The molecule has 0 bridgehead atoms. The van der Waals surface area contributed by atoms with Crippen molar-refractivity contribution >= 4 is 5.78 Å². The van der Waals surface area contributed by atoms with Crippen molar-refractivity contribution in [1.29, 1.82) is 0 Å². The lowest BCUT2D eigenvalue weighted by molar-refractivity contribution is 0.0877. The summed E-state index contributed by atoms with van der Waals surface area (Å²) in [5.41, 5.74) is 0.599. The third kappa shape index (κ3) is 2.22. The summed E-state index contributed by atoms with van der Waals surface area (Å²) in [6.45, 7) is 2.49. The minimum atomic E-state index is -0.0380. The van der Waals surface area contributed by atoms with E-state index in [4.69, 9.17) is 9.47 Å². The Hall–Kier alpha value is -1.42. The molecular weight excluding hydrogens is 206 g/mol. The Morgan fingerprint density at radius 3 is 3.00 bits per heavy atom. The van der Waals surface area contributed by atoms with Crippen LogP contribution < -0.4 is 4.74 Å². The minimum absolute atomic E-state index is 0.0380. The summed E-state index contributed by atoms with van der Waals surface area (Å²) in [6.07, 6.45) is 4.13. The van der Waals surface area contributed by atoms with E-state index in [1.807, 2.05) is 6.92 Å². The van der Waals surface area contributed by atoms with Gasteiger partial charge in [0.2, 0.25) is 0 Å². The van der Waals surface area contributed by atoms with E-state index in [1.165, 1.54) is 0 Å². The molecule has 86 valence electrons. The molecular formula is C12H15NO3. The molecule has 2 unspecified atom stereocenters. The molecule has 1 aromatic rings. The van der Waals surface area contributed by atoms with E-state index in [9.17, 15) is 4.79 Å². The molecule has 0 radical (unpaired) electrons. The lowest BCUT2D eigenvalue weighted by atomic mass is 9.96. The predicted molar refractivity (Wildman–Crippen MR) is 58.6 cm³/mol. The van der Waals surface area contributed by atoms with Gasteiger partial charge in [-0.25, -0.2) is 0 Å². The lowest BCUT2D eigenvalue weighted by Crippen LogP contribution is -2.15. The Kier molecular flexibility index (Phi) is 3.19. The minimum Gasteiger partial charge on any atom is -0.495 e. The molecule has 1 fully saturated rings. The molecule has 0 aromatic carbocycles. The second-order valence-electron chi connectivity index (χ2n) is 4.05. The van der Waals surface area contributed by atoms with E-state index < -0.39 is 0 Å². The number of Topliss-reactive ketones (excluding diaryl/α,β-unsaturated/α-hetero) is 1. The van der Waals surface area contributed by atoms with Crippen LogP contribution in [0.3, 0.4) is 0 Å². The van der Waals surface area contributed by atoms with E-state index in [-0.39, 0.29) is 17.8 Å². The van der Waals surface area contributed by atoms with Crippen LogP contribution in [0.15, 0.2) is 18.5 Å². The number of ether oxygens (including phenoxy) is 2. The Labute approximate surface area is 94.6 Å². The average molecular weight is 221 g/mol. The van der Waals surface area contributed by atoms with Gasteiger partial charge < -0.3 is 9.47 Å². The first kappa shape index (κ1) is 11.1. The van der Waals surface area contributed by atoms with Crippen molar-refractivity contribution in [3.05, 3.63) is 24.0 Å². The van der Waals surface area contributed by atoms with Crippen molar-refractivity contribution < 1.29 is 14.3 Å². The van der Waals surface area contributed by atoms with Gasteiger partial charge >= 0.3 is 0 Å². The number of methoxy groups -OCH3 is 1. The third-order valence-corrected chi connectivity index (χ3v) is 2.80. The molecule has 0 saturated carbocycles. The van der Waals surface area contributed by atoms with Gasteiger partial charge in [0.1, 0.15) is 5.75 Å². The number of carbonyl (C=O) groups excluding carboxylic acids is 1. The number of hydrogen-bond acceptors (Lipinski definition) is 4. The molecule has 0 aliphatic carbocycles. The van der Waals surface area contributed by atoms with Gasteiger partial charge in [-0.3, -0.25) is 9.78 Å². The SMILES string of the molecule is COc1cncc(C(=O)C2COC(C)C2)c1. The summed E-state index contributed by atoms with van der Waals surface area (Å²) in [4.78, 5) is 16.1. The van der Waals surface area contributed by atoms with Crippen LogP contribution >= 0.6 is 0 Å². The summed E-state index contributed by atoms with van der Waals surface area (Å²) in [5, 5.41) is 0. The van der Waals surface area contributed by atoms with Gasteiger partial charge in [0.25, 0.3) is 0 Å². The number of nitrogens with zero attached hydrogens (tertiary/aromatic N) is 1. The quantitative estimate of drug-likeness (QED) is 0.729. The number of aromatic nitrogens is 1. The van der Waals surface area contributed by atoms with Gasteiger partial charge in [-0.05, 0) is 19.4 Å². The van der Waals surface area contributed by atoms with Crippen LogP contribution in [0.1, 0.15) is 23.7 Å². The number of ketones is 1. The summed E-state index contributed by atoms with van der Waals surface area (Å²) >= 11 is 0. The highest BCUT2D eigenvalue weighted by Crippen LogP contribution is 2.24. The van der Waals surface area contributed by atoms with Gasteiger partial charge in [0.05, 0.1) is 26.0 Å². The van der Waals surface area contributed by atoms with Crippen molar-refractivity contribution in [3.63, 3.8) is 0 Å². The summed E-state index contributed by atoms with van der Waals surface area (Å²) in [6, 6.07) is 1.72. The van der Waals surface area contributed by atoms with Crippen molar-refractivity contribution in [2.24, 2.45) is 5.92 Å². The molecule has 0 amide bonds. The van der Waals surface area contributed by atoms with E-state index in [0.717, 1.165) is 6.42 Å². The van der Waals surface area contributed by atoms with E-state index in [0.29, 0.717) is 17.9 Å². The molecule has 16 heavy (non-hydrogen) atoms. The molecule has 4 heteroatoms. The standard InChI is InChI=1S/C12H15NO3/c1-8-3-10(7-16-8)12(14)9-4-11(15-2)6-13-5-9/h4-6,8,10H,3,7H2,1-2H3. The molecule has 2 heterocycles. The molecule has 2 rings (SSSR count). The van der Waals surface area contributed by atoms with Crippen molar-refractivity contribution in [1.82, 2.24) is 4.98 Å². The van der Waals surface area contributed by atoms with Crippen molar-refractivity contribution in [3.8, 4) is 5.75 Å². The molecule has 1 saturated heterocycles. The summed E-state index contributed by atoms with van der Waals surface area (Å²) in [5.74, 6) is 0.664. The van der Waals surface area contributed by atoms with Crippen LogP contribution in [0.2, 0.25) is 0 Å². The fourth-order valence-corrected chi connectivity index (χ4v) is 1.90. The maximum atomic E-state index is 12.1. The first-order chi connectivity index (χ1) is 7.70. The van der Waals surface area contributed by atoms with Crippen LogP contribution in [0, 0.1) is 5.92 Å². The fourth-order valence-electron chi connectivity index (χ4n) is 1.90. The number of pyridine rings is 1. The highest BCUT2D eigenvalue weighted by molar-refractivity contribution is 5.98. The lowest BCUT2D eigenvalue weighted by Gasteiger charge is -2.07. The molecule has 1 aliphatic heterocycles. The number of hydrogen-bond donors (Lipinski definition) is 0. The van der Waals surface area contributed by atoms with Crippen LogP contribution in [0.25, 0.3) is 0 Å². The van der Waals surface area contributed by atoms with Gasteiger partial charge in [-0.1, -0.05) is 0 Å². The number of rotatable bonds is 3. The van der Waals surface area contributed by atoms with Crippen molar-refractivity contribution in [2.45, 2.75) is 19.4 Å². The van der Waals surface area contributed by atoms with E-state index >= 15 is 0 Å². The Morgan fingerprint density at radius 1 is 1.56 bits per heavy atom. The molecule has 1 aliphatic rings. The maximum Gasteiger partial charge on any atom is 0.170 e. The van der Waals surface area contributed by atoms with Crippen LogP contribution in [-0.4, -0.2) is 30.6 Å². The highest BCUT2D eigenvalue weighted by Gasteiger charge is 2.29. The van der Waals surface area contributed by atoms with E-state index in [1.54, 1.807) is 25.6 Å². The zero-order chi connectivity index (χ0) is 11.5. The molecule has 4 nitrogen and oxygen atoms in total. The second kappa shape index (κ2) is 4.61. The van der Waals surface area contributed by atoms with Crippen molar-refractivity contribution in [2.75, 3.05) is 13.7 Å². The highest BCUT2D eigenvalue weighted by atomic mass is 16.5. The van der Waals surface area contributed by atoms with Crippen LogP contribution in [0.4, 0.5) is 0 Å². The Balaban J connectivity index is 2.14. The predicted octanol–water partition coefficient (Wildman–Crippen LogP) is 1.70. The molecule has 2 atom stereocenters. The topological polar surface area (TPSA) is 48.4 Å². The summed E-state index contributed by atoms with van der Waals surface area (Å²) in [7, 11) is 1.56. The molecule has 0 N–H and O–H groups in total. The smallest absolute Gasteiger partial charge is 0.170 e. The first-order valence-corrected chi connectivity index (χ1v) is 5.35. The normalized spacial score (nSPS) is 24.4. The Bertz CT molecular complexity index is 392. The zero-order valence-electron chi connectivity index (χ0n) is 9.47. The van der Waals surface area contributed by atoms with Gasteiger partial charge in [-0.2, -0.15) is 0 Å². The maximum absolute atomic E-state index is 12.1. The van der Waals surface area contributed by atoms with Gasteiger partial charge in [0, 0.05) is 17.7 Å². The van der Waals surface area contributed by atoms with E-state index in [2.05, 4.69) is 4.98 Å². The zero-order valence-corrected chi connectivity index (χ0v) is 9.47. The van der Waals surface area contributed by atoms with Gasteiger partial charge in [0.15, 0.2) is 5.78 Å². The largest absolute Gasteiger partial charge is 0.495 e. The summed E-state index contributed by atoms with van der Waals surface area (Å²) < 4.78 is 10.4.